The summed E-state index contributed by atoms with van der Waals surface area (Å²) in [5, 5.41) is 8.12. The summed E-state index contributed by atoms with van der Waals surface area (Å²) < 4.78 is 1.83. The summed E-state index contributed by atoms with van der Waals surface area (Å²) in [6.07, 6.45) is 9.13. The average molecular weight is 495 g/mol. The summed E-state index contributed by atoms with van der Waals surface area (Å²) in [6, 6.07) is 19.9. The summed E-state index contributed by atoms with van der Waals surface area (Å²) in [7, 11) is 1.65. The van der Waals surface area contributed by atoms with E-state index in [2.05, 4.69) is 55.9 Å². The molecule has 8 nitrogen and oxygen atoms in total. The molecule has 2 amide bonds. The number of pyridine rings is 1. The molecule has 0 bridgehead atoms. The van der Waals surface area contributed by atoms with Crippen LogP contribution in [0.25, 0.3) is 27.7 Å². The van der Waals surface area contributed by atoms with Crippen LogP contribution in [0.4, 0.5) is 0 Å². The van der Waals surface area contributed by atoms with Crippen molar-refractivity contribution in [3.8, 4) is 11.3 Å². The van der Waals surface area contributed by atoms with Gasteiger partial charge in [-0.05, 0) is 41.8 Å². The van der Waals surface area contributed by atoms with E-state index in [-0.39, 0.29) is 17.9 Å². The number of imidazole rings is 2. The fraction of sp³-hybridized carbons (Fsp3) is 0.241. The molecule has 37 heavy (non-hydrogen) atoms. The van der Waals surface area contributed by atoms with E-state index in [1.54, 1.807) is 13.2 Å². The number of H-pyrrole nitrogens is 1. The van der Waals surface area contributed by atoms with Gasteiger partial charge in [-0.15, -0.1) is 0 Å². The Morgan fingerprint density at radius 2 is 1.84 bits per heavy atom. The molecule has 188 valence electrons. The molecule has 2 aromatic carbocycles. The number of benzene rings is 2. The molecule has 3 N–H and O–H groups in total. The molecule has 0 spiro atoms. The Labute approximate surface area is 215 Å². The zero-order chi connectivity index (χ0) is 25.6. The third kappa shape index (κ3) is 5.69. The Balaban J connectivity index is 1.34. The van der Waals surface area contributed by atoms with Gasteiger partial charge in [-0.25, -0.2) is 9.97 Å². The Bertz CT molecular complexity index is 1500. The summed E-state index contributed by atoms with van der Waals surface area (Å²) in [4.78, 5) is 37.2. The highest BCUT2D eigenvalue weighted by Crippen LogP contribution is 2.26. The van der Waals surface area contributed by atoms with Crippen LogP contribution in [-0.4, -0.2) is 38.2 Å². The highest BCUT2D eigenvalue weighted by Gasteiger charge is 2.21. The van der Waals surface area contributed by atoms with Gasteiger partial charge in [-0.3, -0.25) is 9.59 Å². The molecular formula is C29H30N6O2. The van der Waals surface area contributed by atoms with Crippen molar-refractivity contribution < 1.29 is 9.59 Å². The van der Waals surface area contributed by atoms with E-state index in [9.17, 15) is 9.59 Å². The molecule has 0 saturated carbocycles. The van der Waals surface area contributed by atoms with Crippen molar-refractivity contribution in [2.75, 3.05) is 7.05 Å². The quantitative estimate of drug-likeness (QED) is 0.237. The van der Waals surface area contributed by atoms with Gasteiger partial charge in [0.1, 0.15) is 17.2 Å². The van der Waals surface area contributed by atoms with Crippen LogP contribution in [0.2, 0.25) is 0 Å². The molecule has 0 fully saturated rings. The monoisotopic (exact) mass is 494 g/mol. The van der Waals surface area contributed by atoms with Crippen molar-refractivity contribution in [3.05, 3.63) is 90.8 Å². The summed E-state index contributed by atoms with van der Waals surface area (Å²) in [5.41, 5.74) is 3.01. The van der Waals surface area contributed by atoms with Crippen LogP contribution in [0.15, 0.2) is 79.3 Å². The fourth-order valence-electron chi connectivity index (χ4n) is 4.51. The van der Waals surface area contributed by atoms with Crippen molar-refractivity contribution >= 4 is 28.2 Å². The number of carbonyl (C=O) groups excluding carboxylic acids is 2. The van der Waals surface area contributed by atoms with E-state index < -0.39 is 0 Å². The number of aromatic nitrogens is 4. The molecule has 0 aliphatic heterocycles. The van der Waals surface area contributed by atoms with Crippen LogP contribution in [-0.2, 0) is 4.79 Å². The third-order valence-corrected chi connectivity index (χ3v) is 6.56. The lowest BCUT2D eigenvalue weighted by Crippen LogP contribution is -2.29. The van der Waals surface area contributed by atoms with Gasteiger partial charge in [0, 0.05) is 31.4 Å². The topological polar surface area (TPSA) is 104 Å². The first kappa shape index (κ1) is 24.2. The number of hydrogen-bond donors (Lipinski definition) is 3. The predicted octanol–water partition coefficient (Wildman–Crippen LogP) is 5.05. The van der Waals surface area contributed by atoms with Crippen LogP contribution in [0.3, 0.4) is 0 Å². The zero-order valence-electron chi connectivity index (χ0n) is 20.8. The van der Waals surface area contributed by atoms with Crippen molar-refractivity contribution in [1.82, 2.24) is 30.0 Å². The molecule has 0 aliphatic carbocycles. The maximum Gasteiger partial charge on any atom is 0.272 e. The van der Waals surface area contributed by atoms with Gasteiger partial charge in [-0.2, -0.15) is 0 Å². The molecule has 1 atom stereocenters. The molecular weight excluding hydrogens is 464 g/mol. The maximum atomic E-state index is 13.2. The Morgan fingerprint density at radius 3 is 2.68 bits per heavy atom. The smallest absolute Gasteiger partial charge is 0.272 e. The second kappa shape index (κ2) is 11.1. The van der Waals surface area contributed by atoms with Crippen LogP contribution < -0.4 is 10.6 Å². The minimum Gasteiger partial charge on any atom is -0.359 e. The first-order valence-corrected chi connectivity index (χ1v) is 12.6. The zero-order valence-corrected chi connectivity index (χ0v) is 20.8. The minimum atomic E-state index is -0.313. The predicted molar refractivity (Wildman–Crippen MR) is 144 cm³/mol. The lowest BCUT2D eigenvalue weighted by molar-refractivity contribution is -0.120. The minimum absolute atomic E-state index is 0.0442. The largest absolute Gasteiger partial charge is 0.359 e. The van der Waals surface area contributed by atoms with Crippen molar-refractivity contribution in [1.29, 1.82) is 0 Å². The van der Waals surface area contributed by atoms with Crippen LogP contribution in [0.5, 0.6) is 0 Å². The lowest BCUT2D eigenvalue weighted by Gasteiger charge is -2.16. The molecule has 0 aliphatic rings. The highest BCUT2D eigenvalue weighted by molar-refractivity contribution is 5.93. The van der Waals surface area contributed by atoms with Gasteiger partial charge in [0.05, 0.1) is 17.9 Å². The lowest BCUT2D eigenvalue weighted by atomic mass is 10.1. The Morgan fingerprint density at radius 1 is 1.00 bits per heavy atom. The molecule has 1 unspecified atom stereocenters. The van der Waals surface area contributed by atoms with Gasteiger partial charge < -0.3 is 20.0 Å². The van der Waals surface area contributed by atoms with Gasteiger partial charge in [0.15, 0.2) is 0 Å². The Hall–Kier alpha value is -4.46. The average Bonchev–Trinajstić information content (AvgIpc) is 3.59. The van der Waals surface area contributed by atoms with Crippen molar-refractivity contribution in [2.24, 2.45) is 0 Å². The van der Waals surface area contributed by atoms with E-state index >= 15 is 0 Å². The van der Waals surface area contributed by atoms with Gasteiger partial charge in [0.2, 0.25) is 5.91 Å². The molecule has 0 radical (unpaired) electrons. The number of unbranched alkanes of at least 4 members (excludes halogenated alkanes) is 2. The number of hydrogen-bond acceptors (Lipinski definition) is 4. The van der Waals surface area contributed by atoms with Crippen LogP contribution in [0, 0.1) is 0 Å². The van der Waals surface area contributed by atoms with Crippen molar-refractivity contribution in [3.63, 3.8) is 0 Å². The second-order valence-corrected chi connectivity index (χ2v) is 9.13. The van der Waals surface area contributed by atoms with Crippen molar-refractivity contribution in [2.45, 2.75) is 38.1 Å². The number of rotatable bonds is 10. The molecule has 3 aromatic heterocycles. The third-order valence-electron chi connectivity index (χ3n) is 6.56. The normalized spacial score (nSPS) is 12.0. The maximum absolute atomic E-state index is 13.2. The van der Waals surface area contributed by atoms with Crippen LogP contribution in [0.1, 0.15) is 54.5 Å². The molecule has 5 aromatic rings. The van der Waals surface area contributed by atoms with Gasteiger partial charge in [-0.1, -0.05) is 55.3 Å². The number of amides is 2. The molecule has 3 heterocycles. The molecule has 8 heteroatoms. The summed E-state index contributed by atoms with van der Waals surface area (Å²) in [5.74, 6) is 0.497. The number of aromatic amines is 1. The second-order valence-electron chi connectivity index (χ2n) is 9.13. The van der Waals surface area contributed by atoms with Gasteiger partial charge in [0.25, 0.3) is 5.91 Å². The number of carbonyl (C=O) groups is 2. The first-order chi connectivity index (χ1) is 18.1. The SMILES string of the molecule is CNC(=O)CCCCCC(NC(=O)c1cn2ccccc2n1)c1ncc(-c2ccc3ccccc3c2)[nH]1. The van der Waals surface area contributed by atoms with E-state index in [0.717, 1.165) is 41.6 Å². The summed E-state index contributed by atoms with van der Waals surface area (Å²) in [6.45, 7) is 0. The van der Waals surface area contributed by atoms with E-state index in [0.29, 0.717) is 24.4 Å². The van der Waals surface area contributed by atoms with E-state index in [1.165, 1.54) is 5.39 Å². The first-order valence-electron chi connectivity index (χ1n) is 12.6. The summed E-state index contributed by atoms with van der Waals surface area (Å²) >= 11 is 0. The van der Waals surface area contributed by atoms with E-state index in [1.807, 2.05) is 47.1 Å². The standard InChI is InChI=1S/C29H30N6O2/c1-30-27(36)13-4-2-3-11-23(34-29(37)25-19-35-16-8-7-12-26(35)32-25)28-31-18-24(33-28)22-15-14-20-9-5-6-10-21(20)17-22/h5-10,12,14-19,23H,2-4,11,13H2,1H3,(H,30,36)(H,31,33)(H,34,37). The van der Waals surface area contributed by atoms with Crippen LogP contribution >= 0.6 is 0 Å². The van der Waals surface area contributed by atoms with E-state index in [4.69, 9.17) is 0 Å². The number of fused-ring (bicyclic) bond motifs is 2. The van der Waals surface area contributed by atoms with Gasteiger partial charge >= 0.3 is 0 Å². The highest BCUT2D eigenvalue weighted by atomic mass is 16.2. The molecule has 5 rings (SSSR count). The Kier molecular flexibility index (Phi) is 7.26. The fourth-order valence-corrected chi connectivity index (χ4v) is 4.51. The number of nitrogens with one attached hydrogen (secondary N) is 3. The number of nitrogens with zero attached hydrogens (tertiary/aromatic N) is 3. The molecule has 0 saturated heterocycles.